The number of rotatable bonds is 3. The van der Waals surface area contributed by atoms with Gasteiger partial charge in [-0.2, -0.15) is 4.98 Å². The van der Waals surface area contributed by atoms with Gasteiger partial charge in [-0.3, -0.25) is 0 Å². The van der Waals surface area contributed by atoms with Crippen LogP contribution in [0, 0.1) is 12.7 Å². The molecular formula is C13H14FN3O3S. The molecule has 0 spiro atoms. The van der Waals surface area contributed by atoms with Crippen LogP contribution in [0.4, 0.5) is 4.39 Å². The molecule has 0 bridgehead atoms. The van der Waals surface area contributed by atoms with Crippen molar-refractivity contribution in [3.8, 4) is 0 Å². The van der Waals surface area contributed by atoms with Crippen LogP contribution in [0.3, 0.4) is 0 Å². The van der Waals surface area contributed by atoms with Crippen molar-refractivity contribution in [1.82, 2.24) is 15.5 Å². The number of aryl methyl sites for hydroxylation is 1. The molecule has 0 radical (unpaired) electrons. The summed E-state index contributed by atoms with van der Waals surface area (Å²) in [6.07, 6.45) is 0.381. The van der Waals surface area contributed by atoms with E-state index in [-0.39, 0.29) is 16.7 Å². The Balaban J connectivity index is 1.86. The third-order valence-electron chi connectivity index (χ3n) is 3.43. The Morgan fingerprint density at radius 3 is 3.00 bits per heavy atom. The van der Waals surface area contributed by atoms with Crippen molar-refractivity contribution < 1.29 is 17.3 Å². The molecule has 6 nitrogen and oxygen atoms in total. The zero-order valence-electron chi connectivity index (χ0n) is 11.3. The van der Waals surface area contributed by atoms with Gasteiger partial charge in [-0.25, -0.2) is 12.8 Å². The molecule has 3 rings (SSSR count). The van der Waals surface area contributed by atoms with Crippen molar-refractivity contribution in [2.45, 2.75) is 30.8 Å². The Hall–Kier alpha value is -1.80. The minimum atomic E-state index is -3.33. The van der Waals surface area contributed by atoms with Gasteiger partial charge in [0.2, 0.25) is 5.89 Å². The van der Waals surface area contributed by atoms with E-state index in [0.717, 1.165) is 0 Å². The molecule has 0 saturated heterocycles. The van der Waals surface area contributed by atoms with E-state index in [4.69, 9.17) is 4.52 Å². The summed E-state index contributed by atoms with van der Waals surface area (Å²) in [5.41, 5.74) is 0.456. The molecular weight excluding hydrogens is 297 g/mol. The summed E-state index contributed by atoms with van der Waals surface area (Å²) in [6.45, 7) is 2.02. The number of benzene rings is 1. The van der Waals surface area contributed by atoms with Gasteiger partial charge in [0.25, 0.3) is 0 Å². The second-order valence-electron chi connectivity index (χ2n) is 4.96. The summed E-state index contributed by atoms with van der Waals surface area (Å²) in [7, 11) is -3.33. The minimum absolute atomic E-state index is 0.0339. The summed E-state index contributed by atoms with van der Waals surface area (Å²) in [5.74, 6) is 0.529. The molecule has 8 heteroatoms. The van der Waals surface area contributed by atoms with Crippen molar-refractivity contribution in [1.29, 1.82) is 0 Å². The Kier molecular flexibility index (Phi) is 3.50. The van der Waals surface area contributed by atoms with E-state index < -0.39 is 15.7 Å². The third kappa shape index (κ3) is 2.81. The van der Waals surface area contributed by atoms with Crippen LogP contribution < -0.4 is 5.32 Å². The summed E-state index contributed by atoms with van der Waals surface area (Å²) in [5, 5.41) is 6.82. The van der Waals surface area contributed by atoms with Gasteiger partial charge in [-0.15, -0.1) is 0 Å². The van der Waals surface area contributed by atoms with Crippen LogP contribution in [0.2, 0.25) is 0 Å². The van der Waals surface area contributed by atoms with Crippen LogP contribution in [-0.2, 0) is 16.4 Å². The number of hydrogen-bond acceptors (Lipinski definition) is 6. The van der Waals surface area contributed by atoms with Gasteiger partial charge < -0.3 is 9.84 Å². The van der Waals surface area contributed by atoms with Gasteiger partial charge in [-0.05, 0) is 37.1 Å². The molecule has 112 valence electrons. The zero-order valence-corrected chi connectivity index (χ0v) is 12.2. The molecule has 0 saturated carbocycles. The van der Waals surface area contributed by atoms with E-state index in [2.05, 4.69) is 15.5 Å². The van der Waals surface area contributed by atoms with Crippen molar-refractivity contribution >= 4 is 9.84 Å². The lowest BCUT2D eigenvalue weighted by molar-refractivity contribution is 0.351. The summed E-state index contributed by atoms with van der Waals surface area (Å²) < 4.78 is 42.4. The fourth-order valence-corrected chi connectivity index (χ4v) is 4.05. The Labute approximate surface area is 121 Å². The predicted molar refractivity (Wildman–Crippen MR) is 71.7 cm³/mol. The van der Waals surface area contributed by atoms with E-state index in [1.165, 1.54) is 18.2 Å². The van der Waals surface area contributed by atoms with E-state index in [1.54, 1.807) is 6.92 Å². The van der Waals surface area contributed by atoms with E-state index >= 15 is 0 Å². The first kappa shape index (κ1) is 14.2. The smallest absolute Gasteiger partial charge is 0.240 e. The first-order chi connectivity index (χ1) is 9.95. The van der Waals surface area contributed by atoms with E-state index in [9.17, 15) is 12.8 Å². The molecule has 0 amide bonds. The Morgan fingerprint density at radius 1 is 1.48 bits per heavy atom. The average Bonchev–Trinajstić information content (AvgIpc) is 2.83. The van der Waals surface area contributed by atoms with Gasteiger partial charge in [0.15, 0.2) is 15.7 Å². The van der Waals surface area contributed by atoms with Crippen LogP contribution in [0.1, 0.15) is 29.7 Å². The molecule has 2 heterocycles. The van der Waals surface area contributed by atoms with E-state index in [0.29, 0.717) is 30.2 Å². The molecule has 1 aromatic heterocycles. The Morgan fingerprint density at radius 2 is 2.29 bits per heavy atom. The van der Waals surface area contributed by atoms with Crippen molar-refractivity contribution in [3.05, 3.63) is 41.3 Å². The first-order valence-corrected chi connectivity index (χ1v) is 8.16. The highest BCUT2D eigenvalue weighted by Gasteiger charge is 2.30. The number of sulfone groups is 1. The quantitative estimate of drug-likeness (QED) is 0.865. The predicted octanol–water partition coefficient (Wildman–Crippen LogP) is 1.53. The molecule has 1 atom stereocenters. The fourth-order valence-electron chi connectivity index (χ4n) is 2.45. The number of fused-ring (bicyclic) bond motifs is 1. The average molecular weight is 311 g/mol. The highest BCUT2D eigenvalue weighted by atomic mass is 32.2. The fraction of sp³-hybridized carbons (Fsp3) is 0.385. The highest BCUT2D eigenvalue weighted by Crippen LogP contribution is 2.32. The molecule has 1 aliphatic heterocycles. The molecule has 1 aliphatic rings. The lowest BCUT2D eigenvalue weighted by Gasteiger charge is -2.25. The number of aromatic nitrogens is 2. The van der Waals surface area contributed by atoms with Crippen LogP contribution in [-0.4, -0.2) is 24.3 Å². The highest BCUT2D eigenvalue weighted by molar-refractivity contribution is 7.91. The molecule has 2 aromatic rings. The first-order valence-electron chi connectivity index (χ1n) is 6.50. The van der Waals surface area contributed by atoms with Gasteiger partial charge in [0, 0.05) is 6.04 Å². The largest absolute Gasteiger partial charge is 0.338 e. The maximum Gasteiger partial charge on any atom is 0.240 e. The third-order valence-corrected chi connectivity index (χ3v) is 5.24. The molecule has 0 aliphatic carbocycles. The lowest BCUT2D eigenvalue weighted by atomic mass is 10.0. The van der Waals surface area contributed by atoms with E-state index in [1.807, 2.05) is 0 Å². The molecule has 1 unspecified atom stereocenters. The normalized spacial score (nSPS) is 20.2. The second-order valence-corrected chi connectivity index (χ2v) is 7.04. The second kappa shape index (κ2) is 5.19. The van der Waals surface area contributed by atoms with Gasteiger partial charge in [0.1, 0.15) is 5.82 Å². The van der Waals surface area contributed by atoms with Gasteiger partial charge in [0.05, 0.1) is 17.2 Å². The maximum absolute atomic E-state index is 13.4. The monoisotopic (exact) mass is 311 g/mol. The van der Waals surface area contributed by atoms with Crippen molar-refractivity contribution in [3.63, 3.8) is 0 Å². The summed E-state index contributed by atoms with van der Waals surface area (Å²) in [4.78, 5) is 4.25. The molecule has 0 fully saturated rings. The van der Waals surface area contributed by atoms with Gasteiger partial charge >= 0.3 is 0 Å². The Bertz CT molecular complexity index is 773. The standard InChI is InChI=1S/C13H14FN3O3S/c1-8-16-13(20-17-8)7-15-11-4-5-21(18,19)12-3-2-9(14)6-10(11)12/h2-3,6,11,15H,4-5,7H2,1H3. The summed E-state index contributed by atoms with van der Waals surface area (Å²) >= 11 is 0. The number of nitrogens with zero attached hydrogens (tertiary/aromatic N) is 2. The zero-order chi connectivity index (χ0) is 15.0. The van der Waals surface area contributed by atoms with Crippen LogP contribution in [0.25, 0.3) is 0 Å². The van der Waals surface area contributed by atoms with Crippen LogP contribution in [0.5, 0.6) is 0 Å². The van der Waals surface area contributed by atoms with Crippen molar-refractivity contribution in [2.75, 3.05) is 5.75 Å². The number of nitrogens with one attached hydrogen (secondary N) is 1. The number of hydrogen-bond donors (Lipinski definition) is 1. The number of halogens is 1. The minimum Gasteiger partial charge on any atom is -0.338 e. The molecule has 1 aromatic carbocycles. The summed E-state index contributed by atoms with van der Waals surface area (Å²) in [6, 6.07) is 3.50. The SMILES string of the molecule is Cc1noc(CNC2CCS(=O)(=O)c3ccc(F)cc32)n1. The van der Waals surface area contributed by atoms with Gasteiger partial charge in [-0.1, -0.05) is 5.16 Å². The topological polar surface area (TPSA) is 85.1 Å². The molecule has 21 heavy (non-hydrogen) atoms. The molecule has 1 N–H and O–H groups in total. The lowest BCUT2D eigenvalue weighted by Crippen LogP contribution is -2.29. The van der Waals surface area contributed by atoms with Crippen LogP contribution >= 0.6 is 0 Å². The maximum atomic E-state index is 13.4. The van der Waals surface area contributed by atoms with Crippen molar-refractivity contribution in [2.24, 2.45) is 0 Å². The van der Waals surface area contributed by atoms with Crippen LogP contribution in [0.15, 0.2) is 27.6 Å².